The molecule has 1 saturated carbocycles. The Kier molecular flexibility index (Phi) is 3.98. The monoisotopic (exact) mass is 413 g/mol. The van der Waals surface area contributed by atoms with Crippen molar-refractivity contribution in [3.05, 3.63) is 70.1 Å². The summed E-state index contributed by atoms with van der Waals surface area (Å²) in [5, 5.41) is 17.6. The highest BCUT2D eigenvalue weighted by molar-refractivity contribution is 5.90. The molecule has 0 amide bonds. The molecule has 31 heavy (non-hydrogen) atoms. The Balaban J connectivity index is 1.29. The fourth-order valence-corrected chi connectivity index (χ4v) is 3.66. The molecule has 4 N–H and O–H groups in total. The summed E-state index contributed by atoms with van der Waals surface area (Å²) in [6.07, 6.45) is 2.41. The zero-order valence-corrected chi connectivity index (χ0v) is 16.5. The number of fused-ring (bicyclic) bond motifs is 2. The average Bonchev–Trinajstić information content (AvgIpc) is 3.44. The van der Waals surface area contributed by atoms with Gasteiger partial charge < -0.3 is 10.1 Å². The van der Waals surface area contributed by atoms with Crippen LogP contribution in [0.3, 0.4) is 0 Å². The van der Waals surface area contributed by atoms with E-state index in [1.54, 1.807) is 6.07 Å². The maximum absolute atomic E-state index is 11.8. The first kappa shape index (κ1) is 17.7. The lowest BCUT2D eigenvalue weighted by atomic mass is 10.2. The van der Waals surface area contributed by atoms with E-state index in [0.717, 1.165) is 27.7 Å². The highest BCUT2D eigenvalue weighted by Gasteiger charge is 2.25. The van der Waals surface area contributed by atoms with Crippen LogP contribution in [0.15, 0.2) is 53.3 Å². The summed E-state index contributed by atoms with van der Waals surface area (Å²) >= 11 is 0. The number of hydrogen-bond acceptors (Lipinski definition) is 6. The molecule has 0 saturated heterocycles. The van der Waals surface area contributed by atoms with E-state index in [1.165, 1.54) is 12.8 Å². The number of H-pyrrole nitrogens is 3. The summed E-state index contributed by atoms with van der Waals surface area (Å²) in [6.45, 7) is 0.243. The fraction of sp³-hybridized carbons (Fsp3) is 0.182. The first-order chi connectivity index (χ1) is 15.2. The van der Waals surface area contributed by atoms with Gasteiger partial charge in [0.05, 0.1) is 16.4 Å². The molecule has 3 aromatic heterocycles. The van der Waals surface area contributed by atoms with E-state index in [-0.39, 0.29) is 18.2 Å². The van der Waals surface area contributed by atoms with Crippen LogP contribution >= 0.6 is 0 Å². The molecule has 1 fully saturated rings. The zero-order chi connectivity index (χ0) is 20.8. The fourth-order valence-electron chi connectivity index (χ4n) is 3.66. The molecule has 0 radical (unpaired) electrons. The van der Waals surface area contributed by atoms with Gasteiger partial charge in [-0.1, -0.05) is 18.2 Å². The van der Waals surface area contributed by atoms with Crippen molar-refractivity contribution >= 4 is 33.4 Å². The Labute approximate surface area is 175 Å². The smallest absolute Gasteiger partial charge is 0.319 e. The van der Waals surface area contributed by atoms with Crippen molar-refractivity contribution in [1.29, 1.82) is 0 Å². The Hall–Kier alpha value is -4.14. The second-order valence-electron chi connectivity index (χ2n) is 7.73. The number of anilines is 2. The number of hydrogen-bond donors (Lipinski definition) is 4. The molecule has 154 valence electrons. The maximum Gasteiger partial charge on any atom is 0.319 e. The van der Waals surface area contributed by atoms with Gasteiger partial charge >= 0.3 is 6.01 Å². The van der Waals surface area contributed by atoms with Gasteiger partial charge in [-0.05, 0) is 42.7 Å². The molecule has 0 spiro atoms. The molecule has 0 aliphatic heterocycles. The molecule has 5 aromatic rings. The number of aromatic nitrogens is 6. The van der Waals surface area contributed by atoms with E-state index in [0.29, 0.717) is 22.9 Å². The van der Waals surface area contributed by atoms with Crippen LogP contribution in [0, 0.1) is 0 Å². The SMILES string of the molecule is O=c1[nH][nH]c2ccc(COc3nc(Nc4cc(C5CC5)[nH]n4)c4ccccc4n3)cc12. The highest BCUT2D eigenvalue weighted by Crippen LogP contribution is 2.39. The molecule has 9 nitrogen and oxygen atoms in total. The lowest BCUT2D eigenvalue weighted by molar-refractivity contribution is 0.282. The van der Waals surface area contributed by atoms with Crippen molar-refractivity contribution in [3.63, 3.8) is 0 Å². The molecule has 1 aliphatic carbocycles. The van der Waals surface area contributed by atoms with E-state index in [1.807, 2.05) is 42.5 Å². The summed E-state index contributed by atoms with van der Waals surface area (Å²) in [4.78, 5) is 21.0. The summed E-state index contributed by atoms with van der Waals surface area (Å²) in [5.74, 6) is 1.94. The molecule has 3 heterocycles. The quantitative estimate of drug-likeness (QED) is 0.336. The lowest BCUT2D eigenvalue weighted by Crippen LogP contribution is -2.04. The van der Waals surface area contributed by atoms with Gasteiger partial charge in [0.2, 0.25) is 0 Å². The second-order valence-corrected chi connectivity index (χ2v) is 7.73. The number of aromatic amines is 3. The van der Waals surface area contributed by atoms with Crippen LogP contribution in [0.4, 0.5) is 11.6 Å². The molecule has 0 atom stereocenters. The van der Waals surface area contributed by atoms with E-state index in [9.17, 15) is 4.79 Å². The molecule has 6 rings (SSSR count). The topological polar surface area (TPSA) is 124 Å². The van der Waals surface area contributed by atoms with Crippen LogP contribution in [0.25, 0.3) is 21.8 Å². The van der Waals surface area contributed by atoms with Crippen molar-refractivity contribution in [2.24, 2.45) is 0 Å². The largest absolute Gasteiger partial charge is 0.459 e. The standard InChI is InChI=1S/C22H19N7O2/c30-21-15-9-12(5-8-17(15)26-29-21)11-31-22-23-16-4-2-1-3-14(16)20(25-22)24-19-10-18(27-28-19)13-6-7-13/h1-5,8-10,13H,6-7,11H2,(H2,26,29,30)(H2,23,24,25,27,28). The summed E-state index contributed by atoms with van der Waals surface area (Å²) in [7, 11) is 0. The third kappa shape index (κ3) is 3.39. The minimum atomic E-state index is -0.158. The van der Waals surface area contributed by atoms with Crippen molar-refractivity contribution < 1.29 is 4.74 Å². The lowest BCUT2D eigenvalue weighted by Gasteiger charge is -2.10. The molecule has 9 heteroatoms. The zero-order valence-electron chi connectivity index (χ0n) is 16.5. The number of nitrogens with one attached hydrogen (secondary N) is 4. The molecular formula is C22H19N7O2. The highest BCUT2D eigenvalue weighted by atomic mass is 16.5. The minimum absolute atomic E-state index is 0.158. The third-order valence-electron chi connectivity index (χ3n) is 5.45. The maximum atomic E-state index is 11.8. The van der Waals surface area contributed by atoms with Crippen molar-refractivity contribution in [3.8, 4) is 6.01 Å². The van der Waals surface area contributed by atoms with Gasteiger partial charge in [0, 0.05) is 23.1 Å². The normalized spacial score (nSPS) is 13.7. The van der Waals surface area contributed by atoms with Crippen molar-refractivity contribution in [2.45, 2.75) is 25.4 Å². The van der Waals surface area contributed by atoms with Crippen LogP contribution in [-0.4, -0.2) is 30.4 Å². The van der Waals surface area contributed by atoms with Crippen LogP contribution < -0.4 is 15.6 Å². The van der Waals surface area contributed by atoms with Crippen LogP contribution in [0.5, 0.6) is 6.01 Å². The molecule has 0 bridgehead atoms. The van der Waals surface area contributed by atoms with Crippen LogP contribution in [0.2, 0.25) is 0 Å². The van der Waals surface area contributed by atoms with Gasteiger partial charge in [0.1, 0.15) is 12.4 Å². The Morgan fingerprint density at radius 2 is 1.94 bits per heavy atom. The van der Waals surface area contributed by atoms with E-state index >= 15 is 0 Å². The Morgan fingerprint density at radius 3 is 2.84 bits per heavy atom. The molecule has 0 unspecified atom stereocenters. The Morgan fingerprint density at radius 1 is 1.03 bits per heavy atom. The second kappa shape index (κ2) is 6.98. The molecule has 1 aliphatic rings. The van der Waals surface area contributed by atoms with Crippen molar-refractivity contribution in [1.82, 2.24) is 30.4 Å². The number of para-hydroxylation sites is 1. The molecule has 2 aromatic carbocycles. The van der Waals surface area contributed by atoms with Gasteiger partial charge in [-0.2, -0.15) is 15.1 Å². The predicted molar refractivity (Wildman–Crippen MR) is 117 cm³/mol. The van der Waals surface area contributed by atoms with Gasteiger partial charge in [0.15, 0.2) is 5.82 Å². The summed E-state index contributed by atoms with van der Waals surface area (Å²) in [6, 6.07) is 15.6. The van der Waals surface area contributed by atoms with Gasteiger partial charge in [-0.25, -0.2) is 0 Å². The Bertz CT molecular complexity index is 1460. The van der Waals surface area contributed by atoms with Gasteiger partial charge in [-0.15, -0.1) is 0 Å². The number of ether oxygens (including phenoxy) is 1. The van der Waals surface area contributed by atoms with Gasteiger partial charge in [-0.3, -0.25) is 20.1 Å². The van der Waals surface area contributed by atoms with Crippen LogP contribution in [-0.2, 0) is 6.61 Å². The minimum Gasteiger partial charge on any atom is -0.459 e. The predicted octanol–water partition coefficient (Wildman–Crippen LogP) is 3.72. The van der Waals surface area contributed by atoms with Gasteiger partial charge in [0.25, 0.3) is 5.56 Å². The van der Waals surface area contributed by atoms with E-state index < -0.39 is 0 Å². The van der Waals surface area contributed by atoms with Crippen molar-refractivity contribution in [2.75, 3.05) is 5.32 Å². The van der Waals surface area contributed by atoms with E-state index in [4.69, 9.17) is 4.74 Å². The third-order valence-corrected chi connectivity index (χ3v) is 5.45. The van der Waals surface area contributed by atoms with E-state index in [2.05, 4.69) is 35.7 Å². The average molecular weight is 413 g/mol. The first-order valence-electron chi connectivity index (χ1n) is 10.1. The summed E-state index contributed by atoms with van der Waals surface area (Å²) < 4.78 is 5.88. The number of nitrogens with zero attached hydrogens (tertiary/aromatic N) is 3. The summed E-state index contributed by atoms with van der Waals surface area (Å²) in [5.41, 5.74) is 3.37. The molecular weight excluding hydrogens is 394 g/mol. The number of rotatable bonds is 6. The number of benzene rings is 2. The first-order valence-corrected chi connectivity index (χ1v) is 10.1. The van der Waals surface area contributed by atoms with Crippen LogP contribution in [0.1, 0.15) is 30.0 Å².